The average Bonchev–Trinajstić information content (AvgIpc) is 3.12. The van der Waals surface area contributed by atoms with Gasteiger partial charge in [0.25, 0.3) is 5.91 Å². The minimum absolute atomic E-state index is 0.0245. The molecule has 0 aliphatic heterocycles. The number of guanidine groups is 1. The van der Waals surface area contributed by atoms with E-state index in [1.54, 1.807) is 18.2 Å². The zero-order valence-corrected chi connectivity index (χ0v) is 14.4. The Morgan fingerprint density at radius 2 is 1.84 bits per heavy atom. The van der Waals surface area contributed by atoms with E-state index in [2.05, 4.69) is 25.5 Å². The Morgan fingerprint density at radius 3 is 2.56 bits per heavy atom. The monoisotopic (exact) mass is 343 g/mol. The number of carbonyl (C=O) groups excluding carboxylic acids is 1. The fourth-order valence-corrected chi connectivity index (χ4v) is 2.26. The van der Waals surface area contributed by atoms with Crippen LogP contribution < -0.4 is 16.0 Å². The van der Waals surface area contributed by atoms with Crippen LogP contribution in [-0.4, -0.2) is 47.7 Å². The van der Waals surface area contributed by atoms with Crippen LogP contribution in [-0.2, 0) is 6.54 Å². The molecule has 1 heterocycles. The number of phenolic OH excluding ortho intramolecular Hbond substituents is 1. The number of aliphatic imine (C=N–C) groups is 1. The quantitative estimate of drug-likeness (QED) is 0.329. The minimum atomic E-state index is -0.307. The Kier molecular flexibility index (Phi) is 7.37. The summed E-state index contributed by atoms with van der Waals surface area (Å²) in [4.78, 5) is 16.4. The van der Waals surface area contributed by atoms with Gasteiger partial charge >= 0.3 is 0 Å². The Labute approximate surface area is 147 Å². The lowest BCUT2D eigenvalue weighted by Gasteiger charge is -2.12. The number of hydrogen-bond acceptors (Lipinski definition) is 3. The van der Waals surface area contributed by atoms with Gasteiger partial charge in [0.2, 0.25) is 0 Å². The van der Waals surface area contributed by atoms with Crippen LogP contribution in [0.5, 0.6) is 5.75 Å². The van der Waals surface area contributed by atoms with Gasteiger partial charge in [0.1, 0.15) is 5.75 Å². The molecule has 2 aromatic rings. The molecule has 0 atom stereocenters. The summed E-state index contributed by atoms with van der Waals surface area (Å²) < 4.78 is 2.09. The minimum Gasteiger partial charge on any atom is -0.507 e. The summed E-state index contributed by atoms with van der Waals surface area (Å²) in [6.07, 6.45) is 4.03. The molecule has 1 aromatic heterocycles. The molecule has 25 heavy (non-hydrogen) atoms. The summed E-state index contributed by atoms with van der Waals surface area (Å²) in [6, 6.07) is 10.5. The van der Waals surface area contributed by atoms with Crippen LogP contribution in [0.15, 0.2) is 53.8 Å². The lowest BCUT2D eigenvalue weighted by Crippen LogP contribution is -2.39. The first-order chi connectivity index (χ1) is 12.2. The van der Waals surface area contributed by atoms with Crippen molar-refractivity contribution in [3.63, 3.8) is 0 Å². The van der Waals surface area contributed by atoms with Gasteiger partial charge in [-0.2, -0.15) is 0 Å². The molecule has 0 saturated heterocycles. The standard InChI is InChI=1S/C18H25N5O2/c1-2-19-18(22-11-14-23-12-5-6-13-23)21-10-9-20-17(25)15-7-3-4-8-16(15)24/h3-8,12-13,24H,2,9-11,14H2,1H3,(H,20,25)(H2,19,21,22). The third kappa shape index (κ3) is 6.21. The van der Waals surface area contributed by atoms with Gasteiger partial charge in [-0.05, 0) is 31.2 Å². The number of phenols is 1. The Balaban J connectivity index is 1.74. The van der Waals surface area contributed by atoms with Gasteiger partial charge in [0.15, 0.2) is 5.96 Å². The maximum absolute atomic E-state index is 12.0. The molecule has 2 rings (SSSR count). The highest BCUT2D eigenvalue weighted by molar-refractivity contribution is 5.96. The predicted octanol–water partition coefficient (Wildman–Crippen LogP) is 1.18. The zero-order valence-electron chi connectivity index (χ0n) is 14.4. The number of rotatable bonds is 8. The van der Waals surface area contributed by atoms with Gasteiger partial charge in [-0.25, -0.2) is 0 Å². The first kappa shape index (κ1) is 18.4. The second kappa shape index (κ2) is 10.0. The number of benzene rings is 1. The molecule has 7 heteroatoms. The Hall–Kier alpha value is -2.96. The molecule has 0 saturated carbocycles. The topological polar surface area (TPSA) is 90.7 Å². The maximum atomic E-state index is 12.0. The number of hydrogen-bond donors (Lipinski definition) is 4. The molecule has 0 unspecified atom stereocenters. The number of aromatic nitrogens is 1. The fourth-order valence-electron chi connectivity index (χ4n) is 2.26. The van der Waals surface area contributed by atoms with Crippen LogP contribution in [0.1, 0.15) is 17.3 Å². The van der Waals surface area contributed by atoms with Crippen molar-refractivity contribution in [3.05, 3.63) is 54.4 Å². The lowest BCUT2D eigenvalue weighted by molar-refractivity contribution is 0.0952. The van der Waals surface area contributed by atoms with Crippen molar-refractivity contribution in [2.75, 3.05) is 26.2 Å². The summed E-state index contributed by atoms with van der Waals surface area (Å²) >= 11 is 0. The SMILES string of the molecule is CCNC(=NCCNC(=O)c1ccccc1O)NCCn1cccc1. The van der Waals surface area contributed by atoms with E-state index in [4.69, 9.17) is 0 Å². The van der Waals surface area contributed by atoms with Crippen LogP contribution in [0.3, 0.4) is 0 Å². The van der Waals surface area contributed by atoms with Crippen molar-refractivity contribution < 1.29 is 9.90 Å². The number of aromatic hydroxyl groups is 1. The number of amides is 1. The van der Waals surface area contributed by atoms with Crippen LogP contribution in [0.25, 0.3) is 0 Å². The van der Waals surface area contributed by atoms with E-state index in [0.717, 1.165) is 19.6 Å². The third-order valence-corrected chi connectivity index (χ3v) is 3.49. The second-order valence-corrected chi connectivity index (χ2v) is 5.38. The number of nitrogens with zero attached hydrogens (tertiary/aromatic N) is 2. The van der Waals surface area contributed by atoms with Crippen LogP contribution in [0, 0.1) is 0 Å². The second-order valence-electron chi connectivity index (χ2n) is 5.38. The van der Waals surface area contributed by atoms with Crippen molar-refractivity contribution in [3.8, 4) is 5.75 Å². The molecule has 0 aliphatic carbocycles. The highest BCUT2D eigenvalue weighted by Crippen LogP contribution is 2.14. The van der Waals surface area contributed by atoms with Gasteiger partial charge in [-0.3, -0.25) is 9.79 Å². The Bertz CT molecular complexity index is 683. The normalized spacial score (nSPS) is 11.2. The van der Waals surface area contributed by atoms with Crippen molar-refractivity contribution in [2.45, 2.75) is 13.5 Å². The van der Waals surface area contributed by atoms with Crippen LogP contribution >= 0.6 is 0 Å². The summed E-state index contributed by atoms with van der Waals surface area (Å²) in [7, 11) is 0. The first-order valence-corrected chi connectivity index (χ1v) is 8.40. The van der Waals surface area contributed by atoms with Gasteiger partial charge in [-0.1, -0.05) is 12.1 Å². The highest BCUT2D eigenvalue weighted by Gasteiger charge is 2.08. The van der Waals surface area contributed by atoms with E-state index >= 15 is 0 Å². The van der Waals surface area contributed by atoms with E-state index in [9.17, 15) is 9.90 Å². The van der Waals surface area contributed by atoms with Crippen molar-refractivity contribution >= 4 is 11.9 Å². The van der Waals surface area contributed by atoms with E-state index in [1.807, 2.05) is 31.5 Å². The fraction of sp³-hybridized carbons (Fsp3) is 0.333. The largest absolute Gasteiger partial charge is 0.507 e. The van der Waals surface area contributed by atoms with E-state index in [-0.39, 0.29) is 17.2 Å². The van der Waals surface area contributed by atoms with Crippen molar-refractivity contribution in [1.82, 2.24) is 20.5 Å². The summed E-state index contributed by atoms with van der Waals surface area (Å²) in [6.45, 7) is 5.20. The molecule has 7 nitrogen and oxygen atoms in total. The average molecular weight is 343 g/mol. The molecule has 1 aromatic carbocycles. The van der Waals surface area contributed by atoms with Gasteiger partial charge < -0.3 is 25.6 Å². The first-order valence-electron chi connectivity index (χ1n) is 8.40. The van der Waals surface area contributed by atoms with Gasteiger partial charge in [0.05, 0.1) is 12.1 Å². The molecule has 0 spiro atoms. The molecular formula is C18H25N5O2. The Morgan fingerprint density at radius 1 is 1.08 bits per heavy atom. The molecular weight excluding hydrogens is 318 g/mol. The summed E-state index contributed by atoms with van der Waals surface area (Å²) in [5, 5.41) is 18.8. The molecule has 134 valence electrons. The highest BCUT2D eigenvalue weighted by atomic mass is 16.3. The van der Waals surface area contributed by atoms with Crippen LogP contribution in [0.2, 0.25) is 0 Å². The van der Waals surface area contributed by atoms with E-state index in [0.29, 0.717) is 19.0 Å². The van der Waals surface area contributed by atoms with E-state index < -0.39 is 0 Å². The van der Waals surface area contributed by atoms with E-state index in [1.165, 1.54) is 6.07 Å². The van der Waals surface area contributed by atoms with Crippen molar-refractivity contribution in [1.29, 1.82) is 0 Å². The number of nitrogens with one attached hydrogen (secondary N) is 3. The lowest BCUT2D eigenvalue weighted by atomic mass is 10.2. The predicted molar refractivity (Wildman–Crippen MR) is 98.9 cm³/mol. The molecule has 0 radical (unpaired) electrons. The third-order valence-electron chi connectivity index (χ3n) is 3.49. The van der Waals surface area contributed by atoms with Crippen molar-refractivity contribution in [2.24, 2.45) is 4.99 Å². The molecule has 0 fully saturated rings. The number of carbonyl (C=O) groups is 1. The van der Waals surface area contributed by atoms with Gasteiger partial charge in [0, 0.05) is 38.6 Å². The molecule has 0 aliphatic rings. The number of para-hydroxylation sites is 1. The molecule has 0 bridgehead atoms. The van der Waals surface area contributed by atoms with Crippen LogP contribution in [0.4, 0.5) is 0 Å². The zero-order chi connectivity index (χ0) is 17.9. The maximum Gasteiger partial charge on any atom is 0.255 e. The summed E-state index contributed by atoms with van der Waals surface area (Å²) in [5.74, 6) is 0.383. The summed E-state index contributed by atoms with van der Waals surface area (Å²) in [5.41, 5.74) is 0.267. The molecule has 1 amide bonds. The van der Waals surface area contributed by atoms with Gasteiger partial charge in [-0.15, -0.1) is 0 Å². The smallest absolute Gasteiger partial charge is 0.255 e. The molecule has 4 N–H and O–H groups in total.